The number of nitro groups is 1. The summed E-state index contributed by atoms with van der Waals surface area (Å²) in [5.74, 6) is 0.391. The molecule has 1 aromatic rings. The molecule has 0 aliphatic carbocycles. The Kier molecular flexibility index (Phi) is 5.03. The first-order chi connectivity index (χ1) is 10.0. The Balaban J connectivity index is 2.01. The van der Waals surface area contributed by atoms with Gasteiger partial charge in [0.2, 0.25) is 0 Å². The van der Waals surface area contributed by atoms with Crippen LogP contribution in [0.3, 0.4) is 0 Å². The molecule has 1 aliphatic heterocycles. The van der Waals surface area contributed by atoms with Gasteiger partial charge in [-0.3, -0.25) is 19.8 Å². The van der Waals surface area contributed by atoms with E-state index in [0.29, 0.717) is 11.5 Å². The van der Waals surface area contributed by atoms with Crippen molar-refractivity contribution in [3.8, 4) is 0 Å². The summed E-state index contributed by atoms with van der Waals surface area (Å²) in [6.07, 6.45) is 1.12. The molecule has 0 spiro atoms. The van der Waals surface area contributed by atoms with Crippen molar-refractivity contribution in [2.75, 3.05) is 26.7 Å². The lowest BCUT2D eigenvalue weighted by Crippen LogP contribution is -2.45. The highest BCUT2D eigenvalue weighted by Crippen LogP contribution is 2.20. The fourth-order valence-electron chi connectivity index (χ4n) is 2.64. The molecule has 2 unspecified atom stereocenters. The highest BCUT2D eigenvalue weighted by Gasteiger charge is 2.27. The number of benzene rings is 1. The van der Waals surface area contributed by atoms with E-state index in [1.165, 1.54) is 12.1 Å². The van der Waals surface area contributed by atoms with Crippen LogP contribution in [-0.2, 0) is 4.74 Å². The molecule has 2 rings (SSSR count). The van der Waals surface area contributed by atoms with Crippen molar-refractivity contribution in [2.45, 2.75) is 19.4 Å². The standard InChI is InChI=1S/C15H20N2O4/c1-11-6-7-16(10-15(11)21-2)9-14(18)12-4-3-5-13(8-12)17(19)20/h3-5,8,11,15H,6-7,9-10H2,1-2H3. The van der Waals surface area contributed by atoms with E-state index in [9.17, 15) is 14.9 Å². The van der Waals surface area contributed by atoms with E-state index in [-0.39, 0.29) is 24.1 Å². The zero-order chi connectivity index (χ0) is 15.4. The van der Waals surface area contributed by atoms with Crippen LogP contribution in [0.4, 0.5) is 5.69 Å². The van der Waals surface area contributed by atoms with Gasteiger partial charge in [0.05, 0.1) is 17.6 Å². The van der Waals surface area contributed by atoms with Crippen LogP contribution in [0.25, 0.3) is 0 Å². The largest absolute Gasteiger partial charge is 0.380 e. The molecule has 1 saturated heterocycles. The molecule has 0 aromatic heterocycles. The number of carbonyl (C=O) groups excluding carboxylic acids is 1. The van der Waals surface area contributed by atoms with Crippen LogP contribution in [0.2, 0.25) is 0 Å². The quantitative estimate of drug-likeness (QED) is 0.472. The molecule has 0 radical (unpaired) electrons. The number of hydrogen-bond acceptors (Lipinski definition) is 5. The molecule has 1 aliphatic rings. The fraction of sp³-hybridized carbons (Fsp3) is 0.533. The van der Waals surface area contributed by atoms with E-state index in [0.717, 1.165) is 19.5 Å². The first kappa shape index (κ1) is 15.6. The number of rotatable bonds is 5. The number of ether oxygens (including phenoxy) is 1. The molecule has 6 nitrogen and oxygen atoms in total. The number of carbonyl (C=O) groups is 1. The normalized spacial score (nSPS) is 23.0. The number of nitrogens with zero attached hydrogens (tertiary/aromatic N) is 2. The molecule has 0 N–H and O–H groups in total. The van der Waals surface area contributed by atoms with Crippen LogP contribution in [0.1, 0.15) is 23.7 Å². The van der Waals surface area contributed by atoms with E-state index >= 15 is 0 Å². The minimum Gasteiger partial charge on any atom is -0.380 e. The second-order valence-corrected chi connectivity index (χ2v) is 5.51. The van der Waals surface area contributed by atoms with Gasteiger partial charge in [-0.05, 0) is 18.9 Å². The van der Waals surface area contributed by atoms with Gasteiger partial charge in [-0.1, -0.05) is 19.1 Å². The Labute approximate surface area is 123 Å². The van der Waals surface area contributed by atoms with Crippen molar-refractivity contribution in [2.24, 2.45) is 5.92 Å². The van der Waals surface area contributed by atoms with Gasteiger partial charge in [-0.2, -0.15) is 0 Å². The lowest BCUT2D eigenvalue weighted by molar-refractivity contribution is -0.384. The summed E-state index contributed by atoms with van der Waals surface area (Å²) in [5, 5.41) is 10.8. The van der Waals surface area contributed by atoms with E-state index in [2.05, 4.69) is 11.8 Å². The van der Waals surface area contributed by atoms with Gasteiger partial charge in [-0.25, -0.2) is 0 Å². The summed E-state index contributed by atoms with van der Waals surface area (Å²) in [6.45, 7) is 3.99. The highest BCUT2D eigenvalue weighted by atomic mass is 16.6. The van der Waals surface area contributed by atoms with Gasteiger partial charge in [0.15, 0.2) is 5.78 Å². The number of nitro benzene ring substituents is 1. The molecule has 0 amide bonds. The predicted molar refractivity (Wildman–Crippen MR) is 78.4 cm³/mol. The second kappa shape index (κ2) is 6.78. The third-order valence-electron chi connectivity index (χ3n) is 4.02. The van der Waals surface area contributed by atoms with Gasteiger partial charge in [0, 0.05) is 31.4 Å². The second-order valence-electron chi connectivity index (χ2n) is 5.51. The number of methoxy groups -OCH3 is 1. The third kappa shape index (κ3) is 3.86. The Hall–Kier alpha value is -1.79. The summed E-state index contributed by atoms with van der Waals surface area (Å²) >= 11 is 0. The number of hydrogen-bond donors (Lipinski definition) is 0. The van der Waals surface area contributed by atoms with Crippen LogP contribution < -0.4 is 0 Å². The predicted octanol–water partition coefficient (Wildman–Crippen LogP) is 2.13. The lowest BCUT2D eigenvalue weighted by Gasteiger charge is -2.35. The minimum absolute atomic E-state index is 0.0529. The van der Waals surface area contributed by atoms with Gasteiger partial charge < -0.3 is 4.74 Å². The van der Waals surface area contributed by atoms with Crippen molar-refractivity contribution in [1.82, 2.24) is 4.90 Å². The van der Waals surface area contributed by atoms with Crippen LogP contribution in [-0.4, -0.2) is 48.5 Å². The Bertz CT molecular complexity index is 532. The van der Waals surface area contributed by atoms with Crippen LogP contribution >= 0.6 is 0 Å². The zero-order valence-electron chi connectivity index (χ0n) is 12.3. The summed E-state index contributed by atoms with van der Waals surface area (Å²) in [6, 6.07) is 5.89. The lowest BCUT2D eigenvalue weighted by atomic mass is 9.95. The topological polar surface area (TPSA) is 72.7 Å². The van der Waals surface area contributed by atoms with Gasteiger partial charge in [0.1, 0.15) is 0 Å². The first-order valence-corrected chi connectivity index (χ1v) is 7.04. The zero-order valence-corrected chi connectivity index (χ0v) is 12.3. The smallest absolute Gasteiger partial charge is 0.270 e. The van der Waals surface area contributed by atoms with Crippen molar-refractivity contribution < 1.29 is 14.5 Å². The van der Waals surface area contributed by atoms with E-state index < -0.39 is 4.92 Å². The van der Waals surface area contributed by atoms with E-state index in [4.69, 9.17) is 4.74 Å². The van der Waals surface area contributed by atoms with Gasteiger partial charge in [0.25, 0.3) is 5.69 Å². The van der Waals surface area contributed by atoms with Crippen molar-refractivity contribution in [1.29, 1.82) is 0 Å². The number of likely N-dealkylation sites (tertiary alicyclic amines) is 1. The average molecular weight is 292 g/mol. The molecular formula is C15H20N2O4. The maximum Gasteiger partial charge on any atom is 0.270 e. The number of Topliss-reactive ketones (excluding diaryl/α,β-unsaturated/α-hetero) is 1. The Morgan fingerprint density at radius 2 is 2.29 bits per heavy atom. The summed E-state index contributed by atoms with van der Waals surface area (Å²) in [5.41, 5.74) is 0.333. The molecule has 6 heteroatoms. The summed E-state index contributed by atoms with van der Waals surface area (Å²) < 4.78 is 5.43. The fourth-order valence-corrected chi connectivity index (χ4v) is 2.64. The average Bonchev–Trinajstić information content (AvgIpc) is 2.49. The molecule has 0 saturated carbocycles. The van der Waals surface area contributed by atoms with Crippen molar-refractivity contribution in [3.63, 3.8) is 0 Å². The van der Waals surface area contributed by atoms with Crippen molar-refractivity contribution >= 4 is 11.5 Å². The number of non-ortho nitro benzene ring substituents is 1. The molecule has 2 atom stereocenters. The Morgan fingerprint density at radius 3 is 2.95 bits per heavy atom. The van der Waals surface area contributed by atoms with Crippen LogP contribution in [0.5, 0.6) is 0 Å². The van der Waals surface area contributed by atoms with Crippen LogP contribution in [0.15, 0.2) is 24.3 Å². The molecular weight excluding hydrogens is 272 g/mol. The Morgan fingerprint density at radius 1 is 1.52 bits per heavy atom. The molecule has 1 fully saturated rings. The number of piperidine rings is 1. The van der Waals surface area contributed by atoms with Crippen molar-refractivity contribution in [3.05, 3.63) is 39.9 Å². The van der Waals surface area contributed by atoms with Gasteiger partial charge in [-0.15, -0.1) is 0 Å². The summed E-state index contributed by atoms with van der Waals surface area (Å²) in [4.78, 5) is 24.6. The first-order valence-electron chi connectivity index (χ1n) is 7.04. The minimum atomic E-state index is -0.486. The number of ketones is 1. The molecule has 0 bridgehead atoms. The molecule has 21 heavy (non-hydrogen) atoms. The van der Waals surface area contributed by atoms with E-state index in [1.54, 1.807) is 19.2 Å². The van der Waals surface area contributed by atoms with E-state index in [1.807, 2.05) is 0 Å². The van der Waals surface area contributed by atoms with Gasteiger partial charge >= 0.3 is 0 Å². The third-order valence-corrected chi connectivity index (χ3v) is 4.02. The summed E-state index contributed by atoms with van der Waals surface area (Å²) in [7, 11) is 1.69. The molecule has 114 valence electrons. The molecule has 1 aromatic carbocycles. The molecule has 1 heterocycles. The SMILES string of the molecule is COC1CN(CC(=O)c2cccc([N+](=O)[O-])c2)CCC1C. The monoisotopic (exact) mass is 292 g/mol. The maximum atomic E-state index is 12.3. The van der Waals surface area contributed by atoms with Crippen LogP contribution in [0, 0.1) is 16.0 Å². The maximum absolute atomic E-state index is 12.3. The highest BCUT2D eigenvalue weighted by molar-refractivity contribution is 5.98.